The van der Waals surface area contributed by atoms with Gasteiger partial charge in [-0.05, 0) is 76.8 Å². The van der Waals surface area contributed by atoms with Crippen molar-refractivity contribution < 1.29 is 19.1 Å². The van der Waals surface area contributed by atoms with Gasteiger partial charge >= 0.3 is 0 Å². The van der Waals surface area contributed by atoms with Crippen molar-refractivity contribution in [2.45, 2.75) is 25.9 Å². The fourth-order valence-corrected chi connectivity index (χ4v) is 5.70. The van der Waals surface area contributed by atoms with E-state index in [9.17, 15) is 19.6 Å². The number of piperidine rings is 1. The summed E-state index contributed by atoms with van der Waals surface area (Å²) in [5.41, 5.74) is 1.85. The Morgan fingerprint density at radius 3 is 2.66 bits per heavy atom. The lowest BCUT2D eigenvalue weighted by atomic mass is 10.1. The summed E-state index contributed by atoms with van der Waals surface area (Å²) in [6.45, 7) is 1.23. The summed E-state index contributed by atoms with van der Waals surface area (Å²) < 4.78 is 6.41. The number of rotatable bonds is 6. The third-order valence-electron chi connectivity index (χ3n) is 5.70. The molecule has 2 fully saturated rings. The largest absolute Gasteiger partial charge is 0.486 e. The lowest BCUT2D eigenvalue weighted by Gasteiger charge is -2.27. The summed E-state index contributed by atoms with van der Waals surface area (Å²) in [6.07, 6.45) is 4.53. The second-order valence-electron chi connectivity index (χ2n) is 8.08. The molecule has 0 spiro atoms. The summed E-state index contributed by atoms with van der Waals surface area (Å²) in [7, 11) is 0. The molecule has 7 nitrogen and oxygen atoms in total. The molecule has 0 radical (unpaired) electrons. The number of nitriles is 1. The highest BCUT2D eigenvalue weighted by molar-refractivity contribution is 9.10. The Bertz CT molecular complexity index is 1230. The normalized spacial score (nSPS) is 17.1. The van der Waals surface area contributed by atoms with Gasteiger partial charge in [-0.1, -0.05) is 29.8 Å². The standard InChI is InChI=1S/C25H21BrClN3O4S/c26-19-10-16(11-20(27)23(19)34-15-18-7-3-2-6-17(18)13-28)12-21-24(32)30(25(33)35-21)14-22(31)29-8-4-1-5-9-29/h2-3,6-7,10-12H,1,4-5,8-9,14-15H2/b21-12-. The van der Waals surface area contributed by atoms with Crippen molar-refractivity contribution in [1.29, 1.82) is 5.26 Å². The second kappa shape index (κ2) is 11.3. The number of halogens is 2. The van der Waals surface area contributed by atoms with Gasteiger partial charge in [0.25, 0.3) is 11.1 Å². The van der Waals surface area contributed by atoms with Crippen molar-refractivity contribution in [2.24, 2.45) is 0 Å². The van der Waals surface area contributed by atoms with Crippen LogP contribution in [-0.4, -0.2) is 46.5 Å². The average molecular weight is 575 g/mol. The summed E-state index contributed by atoms with van der Waals surface area (Å²) in [4.78, 5) is 40.8. The quantitative estimate of drug-likeness (QED) is 0.417. The van der Waals surface area contributed by atoms with Gasteiger partial charge in [-0.25, -0.2) is 0 Å². The minimum absolute atomic E-state index is 0.158. The molecule has 2 aromatic rings. The fraction of sp³-hybridized carbons (Fsp3) is 0.280. The Balaban J connectivity index is 1.46. The van der Waals surface area contributed by atoms with Gasteiger partial charge in [0.15, 0.2) is 5.75 Å². The van der Waals surface area contributed by atoms with Gasteiger partial charge in [0, 0.05) is 18.7 Å². The number of carbonyl (C=O) groups is 3. The van der Waals surface area contributed by atoms with Gasteiger partial charge in [-0.15, -0.1) is 0 Å². The monoisotopic (exact) mass is 573 g/mol. The zero-order valence-corrected chi connectivity index (χ0v) is 21.8. The van der Waals surface area contributed by atoms with Crippen LogP contribution < -0.4 is 4.74 Å². The number of hydrogen-bond donors (Lipinski definition) is 0. The van der Waals surface area contributed by atoms with Gasteiger partial charge in [-0.3, -0.25) is 19.3 Å². The van der Waals surface area contributed by atoms with Gasteiger partial charge in [0.2, 0.25) is 5.91 Å². The molecule has 0 unspecified atom stereocenters. The summed E-state index contributed by atoms with van der Waals surface area (Å²) in [5.74, 6) is -0.304. The molecule has 0 atom stereocenters. The maximum Gasteiger partial charge on any atom is 0.294 e. The van der Waals surface area contributed by atoms with Crippen LogP contribution in [0.2, 0.25) is 5.02 Å². The number of imide groups is 1. The van der Waals surface area contributed by atoms with Crippen LogP contribution >= 0.6 is 39.3 Å². The van der Waals surface area contributed by atoms with E-state index >= 15 is 0 Å². The summed E-state index contributed by atoms with van der Waals surface area (Å²) in [5, 5.41) is 9.09. The molecular weight excluding hydrogens is 554 g/mol. The first-order valence-electron chi connectivity index (χ1n) is 11.0. The first-order valence-corrected chi connectivity index (χ1v) is 13.0. The van der Waals surface area contributed by atoms with E-state index in [1.807, 2.05) is 6.07 Å². The Labute approximate surface area is 220 Å². The van der Waals surface area contributed by atoms with Crippen LogP contribution in [0.5, 0.6) is 5.75 Å². The number of thioether (sulfide) groups is 1. The number of hydrogen-bond acceptors (Lipinski definition) is 6. The zero-order valence-electron chi connectivity index (χ0n) is 18.6. The highest BCUT2D eigenvalue weighted by Crippen LogP contribution is 2.38. The number of benzene rings is 2. The number of carbonyl (C=O) groups excluding carboxylic acids is 3. The van der Waals surface area contributed by atoms with Crippen LogP contribution in [0.15, 0.2) is 45.8 Å². The number of ether oxygens (including phenoxy) is 1. The van der Waals surface area contributed by atoms with Crippen LogP contribution in [0.1, 0.15) is 36.0 Å². The van der Waals surface area contributed by atoms with Crippen LogP contribution in [0.25, 0.3) is 6.08 Å². The van der Waals surface area contributed by atoms with Crippen LogP contribution in [0, 0.1) is 11.3 Å². The number of nitrogens with zero attached hydrogens (tertiary/aromatic N) is 3. The van der Waals surface area contributed by atoms with Crippen molar-refractivity contribution in [3.63, 3.8) is 0 Å². The van der Waals surface area contributed by atoms with Crippen molar-refractivity contribution >= 4 is 62.4 Å². The van der Waals surface area contributed by atoms with E-state index in [4.69, 9.17) is 16.3 Å². The second-order valence-corrected chi connectivity index (χ2v) is 10.3. The molecule has 0 aliphatic carbocycles. The summed E-state index contributed by atoms with van der Waals surface area (Å²) in [6, 6.07) is 12.6. The highest BCUT2D eigenvalue weighted by atomic mass is 79.9. The highest BCUT2D eigenvalue weighted by Gasteiger charge is 2.37. The van der Waals surface area contributed by atoms with Crippen molar-refractivity contribution in [2.75, 3.05) is 19.6 Å². The molecular formula is C25H21BrClN3O4S. The average Bonchev–Trinajstić information content (AvgIpc) is 3.11. The molecule has 35 heavy (non-hydrogen) atoms. The Morgan fingerprint density at radius 1 is 1.20 bits per heavy atom. The predicted octanol–water partition coefficient (Wildman–Crippen LogP) is 5.60. The molecule has 3 amide bonds. The van der Waals surface area contributed by atoms with Gasteiger partial charge in [0.1, 0.15) is 13.2 Å². The number of likely N-dealkylation sites (tertiary alicyclic amines) is 1. The Hall–Kier alpha value is -2.80. The van der Waals surface area contributed by atoms with E-state index in [0.717, 1.165) is 41.5 Å². The third kappa shape index (κ3) is 5.89. The predicted molar refractivity (Wildman–Crippen MR) is 138 cm³/mol. The van der Waals surface area contributed by atoms with Crippen LogP contribution in [0.4, 0.5) is 4.79 Å². The fourth-order valence-electron chi connectivity index (χ4n) is 3.87. The molecule has 0 aromatic heterocycles. The van der Waals surface area contributed by atoms with E-state index in [0.29, 0.717) is 39.5 Å². The molecule has 180 valence electrons. The topological polar surface area (TPSA) is 90.7 Å². The van der Waals surface area contributed by atoms with E-state index in [1.54, 1.807) is 41.3 Å². The van der Waals surface area contributed by atoms with Crippen molar-refractivity contribution in [3.05, 3.63) is 67.5 Å². The molecule has 0 saturated carbocycles. The first-order chi connectivity index (χ1) is 16.9. The maximum absolute atomic E-state index is 12.8. The lowest BCUT2D eigenvalue weighted by Crippen LogP contribution is -2.44. The van der Waals surface area contributed by atoms with E-state index in [2.05, 4.69) is 22.0 Å². The van der Waals surface area contributed by atoms with Crippen LogP contribution in [0.3, 0.4) is 0 Å². The maximum atomic E-state index is 12.8. The lowest BCUT2D eigenvalue weighted by molar-refractivity contribution is -0.136. The van der Waals surface area contributed by atoms with E-state index in [-0.39, 0.29) is 24.0 Å². The third-order valence-corrected chi connectivity index (χ3v) is 7.48. The molecule has 2 aliphatic rings. The molecule has 0 bridgehead atoms. The van der Waals surface area contributed by atoms with Gasteiger partial charge in [0.05, 0.1) is 26.0 Å². The first kappa shape index (κ1) is 25.3. The zero-order chi connectivity index (χ0) is 24.9. The van der Waals surface area contributed by atoms with Crippen LogP contribution in [-0.2, 0) is 16.2 Å². The molecule has 2 heterocycles. The van der Waals surface area contributed by atoms with Gasteiger partial charge < -0.3 is 9.64 Å². The van der Waals surface area contributed by atoms with Gasteiger partial charge in [-0.2, -0.15) is 5.26 Å². The van der Waals surface area contributed by atoms with Crippen molar-refractivity contribution in [3.8, 4) is 11.8 Å². The van der Waals surface area contributed by atoms with E-state index in [1.165, 1.54) is 0 Å². The molecule has 4 rings (SSSR count). The molecule has 2 aliphatic heterocycles. The molecule has 2 saturated heterocycles. The SMILES string of the molecule is N#Cc1ccccc1COc1c(Cl)cc(/C=C2\SC(=O)N(CC(=O)N3CCCCC3)C2=O)cc1Br. The number of amides is 3. The minimum Gasteiger partial charge on any atom is -0.486 e. The Morgan fingerprint density at radius 2 is 1.94 bits per heavy atom. The summed E-state index contributed by atoms with van der Waals surface area (Å²) >= 11 is 10.7. The Kier molecular flexibility index (Phi) is 8.16. The smallest absolute Gasteiger partial charge is 0.294 e. The van der Waals surface area contributed by atoms with Crippen molar-refractivity contribution in [1.82, 2.24) is 9.80 Å². The molecule has 0 N–H and O–H groups in total. The molecule has 10 heteroatoms. The minimum atomic E-state index is -0.494. The molecule has 2 aromatic carbocycles. The van der Waals surface area contributed by atoms with E-state index < -0.39 is 11.1 Å².